The Morgan fingerprint density at radius 1 is 1.43 bits per heavy atom. The van der Waals surface area contributed by atoms with E-state index in [1.54, 1.807) is 0 Å². The van der Waals surface area contributed by atoms with E-state index in [9.17, 15) is 0 Å². The van der Waals surface area contributed by atoms with Gasteiger partial charge in [-0.3, -0.25) is 0 Å². The third-order valence-corrected chi connectivity index (χ3v) is 3.51. The molecule has 0 fully saturated rings. The van der Waals surface area contributed by atoms with E-state index in [-0.39, 0.29) is 0 Å². The average Bonchev–Trinajstić information content (AvgIpc) is 2.64. The van der Waals surface area contributed by atoms with Crippen molar-refractivity contribution in [2.45, 2.75) is 33.1 Å². The van der Waals surface area contributed by atoms with E-state index in [2.05, 4.69) is 43.6 Å². The molecule has 1 aromatic heterocycles. The number of rotatable bonds is 6. The first-order valence-corrected chi connectivity index (χ1v) is 6.37. The molecule has 14 heavy (non-hydrogen) atoms. The maximum absolute atomic E-state index is 3.51. The second kappa shape index (κ2) is 6.20. The summed E-state index contributed by atoms with van der Waals surface area (Å²) in [6.45, 7) is 9.07. The molecule has 1 unspecified atom stereocenters. The third kappa shape index (κ3) is 3.43. The number of hydrogen-bond donors (Lipinski definition) is 1. The smallest absolute Gasteiger partial charge is 0.00914 e. The highest BCUT2D eigenvalue weighted by Gasteiger charge is 2.15. The summed E-state index contributed by atoms with van der Waals surface area (Å²) >= 11 is 1.88. The van der Waals surface area contributed by atoms with E-state index >= 15 is 0 Å². The van der Waals surface area contributed by atoms with Crippen LogP contribution < -0.4 is 5.32 Å². The van der Waals surface area contributed by atoms with Crippen molar-refractivity contribution in [3.8, 4) is 0 Å². The Bertz CT molecular complexity index is 228. The minimum atomic E-state index is 0.682. The summed E-state index contributed by atoms with van der Waals surface area (Å²) in [5.41, 5.74) is 0. The van der Waals surface area contributed by atoms with E-state index in [0.29, 0.717) is 5.92 Å². The molecule has 1 heterocycles. The van der Waals surface area contributed by atoms with Gasteiger partial charge < -0.3 is 5.32 Å². The minimum absolute atomic E-state index is 0.682. The van der Waals surface area contributed by atoms with E-state index in [1.807, 2.05) is 11.3 Å². The monoisotopic (exact) mass is 211 g/mol. The van der Waals surface area contributed by atoms with Crippen LogP contribution in [0.3, 0.4) is 0 Å². The Morgan fingerprint density at radius 2 is 2.21 bits per heavy atom. The molecule has 80 valence electrons. The second-order valence-electron chi connectivity index (χ2n) is 4.07. The van der Waals surface area contributed by atoms with Gasteiger partial charge in [-0.25, -0.2) is 0 Å². The predicted molar refractivity (Wildman–Crippen MR) is 65.1 cm³/mol. The van der Waals surface area contributed by atoms with Crippen LogP contribution in [0.15, 0.2) is 17.5 Å². The molecule has 1 atom stereocenters. The van der Waals surface area contributed by atoms with Crippen LogP contribution in [0, 0.1) is 5.92 Å². The van der Waals surface area contributed by atoms with Crippen molar-refractivity contribution < 1.29 is 0 Å². The molecule has 0 saturated carbocycles. The molecule has 0 amide bonds. The molecule has 0 aliphatic heterocycles. The Morgan fingerprint density at radius 3 is 2.71 bits per heavy atom. The first-order valence-electron chi connectivity index (χ1n) is 5.49. The van der Waals surface area contributed by atoms with Gasteiger partial charge in [0.15, 0.2) is 0 Å². The van der Waals surface area contributed by atoms with Crippen LogP contribution in [0.2, 0.25) is 0 Å². The van der Waals surface area contributed by atoms with Gasteiger partial charge in [0.05, 0.1) is 0 Å². The lowest BCUT2D eigenvalue weighted by Gasteiger charge is -2.19. The maximum Gasteiger partial charge on any atom is 0.00914 e. The van der Waals surface area contributed by atoms with Gasteiger partial charge in [-0.15, -0.1) is 11.3 Å². The molecule has 0 aliphatic carbocycles. The Hall–Kier alpha value is -0.340. The van der Waals surface area contributed by atoms with Gasteiger partial charge in [-0.1, -0.05) is 26.8 Å². The fourth-order valence-corrected chi connectivity index (χ4v) is 2.60. The Kier molecular flexibility index (Phi) is 5.20. The van der Waals surface area contributed by atoms with Crippen LogP contribution >= 0.6 is 11.3 Å². The molecule has 1 rings (SSSR count). The molecule has 0 aliphatic rings. The van der Waals surface area contributed by atoms with Crippen LogP contribution in [0.25, 0.3) is 0 Å². The normalized spacial score (nSPS) is 13.4. The quantitative estimate of drug-likeness (QED) is 0.710. The van der Waals surface area contributed by atoms with Crippen LogP contribution in [0.5, 0.6) is 0 Å². The third-order valence-electron chi connectivity index (χ3n) is 2.50. The second-order valence-corrected chi connectivity index (χ2v) is 5.05. The highest BCUT2D eigenvalue weighted by atomic mass is 32.1. The van der Waals surface area contributed by atoms with Gasteiger partial charge in [0, 0.05) is 17.3 Å². The van der Waals surface area contributed by atoms with Gasteiger partial charge >= 0.3 is 0 Å². The van der Waals surface area contributed by atoms with Gasteiger partial charge in [-0.2, -0.15) is 0 Å². The molecular formula is C12H21NS. The summed E-state index contributed by atoms with van der Waals surface area (Å²) in [7, 11) is 0. The molecular weight excluding hydrogens is 190 g/mol. The zero-order chi connectivity index (χ0) is 10.4. The lowest BCUT2D eigenvalue weighted by molar-refractivity contribution is 0.468. The fourth-order valence-electron chi connectivity index (χ4n) is 1.60. The lowest BCUT2D eigenvalue weighted by Crippen LogP contribution is -2.24. The summed E-state index contributed by atoms with van der Waals surface area (Å²) in [6.07, 6.45) is 1.22. The topological polar surface area (TPSA) is 12.0 Å². The SMILES string of the molecule is CCCNCC(c1cccs1)C(C)C. The Balaban J connectivity index is 2.48. The summed E-state index contributed by atoms with van der Waals surface area (Å²) in [4.78, 5) is 1.52. The standard InChI is InChI=1S/C12H21NS/c1-4-7-13-9-11(10(2)3)12-6-5-8-14-12/h5-6,8,10-11,13H,4,7,9H2,1-3H3. The van der Waals surface area contributed by atoms with Crippen LogP contribution in [-0.4, -0.2) is 13.1 Å². The highest BCUT2D eigenvalue weighted by Crippen LogP contribution is 2.27. The van der Waals surface area contributed by atoms with Crippen LogP contribution in [-0.2, 0) is 0 Å². The van der Waals surface area contributed by atoms with E-state index in [1.165, 1.54) is 11.3 Å². The molecule has 1 nitrogen and oxygen atoms in total. The van der Waals surface area contributed by atoms with Gasteiger partial charge in [0.2, 0.25) is 0 Å². The van der Waals surface area contributed by atoms with Crippen molar-refractivity contribution in [1.82, 2.24) is 5.32 Å². The van der Waals surface area contributed by atoms with Crippen LogP contribution in [0.1, 0.15) is 38.0 Å². The summed E-state index contributed by atoms with van der Waals surface area (Å²) in [5, 5.41) is 5.68. The number of hydrogen-bond acceptors (Lipinski definition) is 2. The lowest BCUT2D eigenvalue weighted by atomic mass is 9.94. The Labute approximate surface area is 91.5 Å². The van der Waals surface area contributed by atoms with Crippen molar-refractivity contribution in [2.75, 3.05) is 13.1 Å². The molecule has 0 bridgehead atoms. The van der Waals surface area contributed by atoms with Gasteiger partial charge in [0.25, 0.3) is 0 Å². The molecule has 0 spiro atoms. The molecule has 0 saturated heterocycles. The molecule has 1 aromatic rings. The summed E-state index contributed by atoms with van der Waals surface area (Å²) < 4.78 is 0. The highest BCUT2D eigenvalue weighted by molar-refractivity contribution is 7.10. The molecule has 2 heteroatoms. The van der Waals surface area contributed by atoms with Crippen molar-refractivity contribution >= 4 is 11.3 Å². The number of thiophene rings is 1. The first kappa shape index (κ1) is 11.7. The summed E-state index contributed by atoms with van der Waals surface area (Å²) in [5.74, 6) is 1.40. The molecule has 0 aromatic carbocycles. The molecule has 1 N–H and O–H groups in total. The van der Waals surface area contributed by atoms with E-state index < -0.39 is 0 Å². The number of nitrogens with one attached hydrogen (secondary N) is 1. The zero-order valence-corrected chi connectivity index (χ0v) is 10.2. The predicted octanol–water partition coefficient (Wildman–Crippen LogP) is 3.49. The van der Waals surface area contributed by atoms with Crippen molar-refractivity contribution in [3.63, 3.8) is 0 Å². The van der Waals surface area contributed by atoms with Gasteiger partial charge in [0.1, 0.15) is 0 Å². The molecule has 0 radical (unpaired) electrons. The first-order chi connectivity index (χ1) is 6.75. The van der Waals surface area contributed by atoms with Crippen molar-refractivity contribution in [1.29, 1.82) is 0 Å². The zero-order valence-electron chi connectivity index (χ0n) is 9.42. The van der Waals surface area contributed by atoms with Crippen LogP contribution in [0.4, 0.5) is 0 Å². The minimum Gasteiger partial charge on any atom is -0.316 e. The van der Waals surface area contributed by atoms with E-state index in [0.717, 1.165) is 19.0 Å². The average molecular weight is 211 g/mol. The fraction of sp³-hybridized carbons (Fsp3) is 0.667. The largest absolute Gasteiger partial charge is 0.316 e. The maximum atomic E-state index is 3.51. The van der Waals surface area contributed by atoms with Crippen molar-refractivity contribution in [3.05, 3.63) is 22.4 Å². The van der Waals surface area contributed by atoms with Gasteiger partial charge in [-0.05, 0) is 30.3 Å². The van der Waals surface area contributed by atoms with E-state index in [4.69, 9.17) is 0 Å². The van der Waals surface area contributed by atoms with Crippen molar-refractivity contribution in [2.24, 2.45) is 5.92 Å². The summed E-state index contributed by atoms with van der Waals surface area (Å²) in [6, 6.07) is 4.40.